The number of aromatic amines is 1. The second-order valence-electron chi connectivity index (χ2n) is 7.09. The van der Waals surface area contributed by atoms with Gasteiger partial charge in [0.25, 0.3) is 0 Å². The number of aromatic nitrogens is 2. The van der Waals surface area contributed by atoms with Crippen LogP contribution in [0.4, 0.5) is 15.0 Å². The number of hydrogen-bond acceptors (Lipinski definition) is 4. The minimum Gasteiger partial charge on any atom is -0.496 e. The molecule has 1 atom stereocenters. The van der Waals surface area contributed by atoms with Crippen LogP contribution in [0.3, 0.4) is 0 Å². The Morgan fingerprint density at radius 3 is 3.10 bits per heavy atom. The minimum absolute atomic E-state index is 0.0374. The maximum absolute atomic E-state index is 13.9. The lowest BCUT2D eigenvalue weighted by molar-refractivity contribution is 0.238. The Labute approximate surface area is 168 Å². The number of pyridine rings is 1. The number of urea groups is 1. The normalized spacial score (nSPS) is 16.2. The third kappa shape index (κ3) is 4.11. The number of nitrogens with zero attached hydrogens (tertiary/aromatic N) is 2. The molecule has 3 N–H and O–H groups in total. The monoisotopic (exact) mass is 397 g/mol. The zero-order valence-electron chi connectivity index (χ0n) is 16.2. The third-order valence-corrected chi connectivity index (χ3v) is 5.21. The molecule has 1 unspecified atom stereocenters. The van der Waals surface area contributed by atoms with E-state index in [2.05, 4.69) is 20.6 Å². The first kappa shape index (κ1) is 19.0. The number of amides is 2. The summed E-state index contributed by atoms with van der Waals surface area (Å²) >= 11 is 0. The lowest BCUT2D eigenvalue weighted by Crippen LogP contribution is -2.44. The number of carbonyl (C=O) groups excluding carboxylic acids is 1. The number of halogens is 1. The van der Waals surface area contributed by atoms with Crippen LogP contribution in [0.25, 0.3) is 10.9 Å². The summed E-state index contributed by atoms with van der Waals surface area (Å²) in [6, 6.07) is 8.58. The molecule has 1 fully saturated rings. The van der Waals surface area contributed by atoms with Gasteiger partial charge in [-0.05, 0) is 42.7 Å². The van der Waals surface area contributed by atoms with Crippen LogP contribution in [0.5, 0.6) is 5.75 Å². The highest BCUT2D eigenvalue weighted by atomic mass is 19.1. The Morgan fingerprint density at radius 2 is 2.28 bits per heavy atom. The Morgan fingerprint density at radius 1 is 1.38 bits per heavy atom. The molecule has 4 rings (SSSR count). The lowest BCUT2D eigenvalue weighted by atomic mass is 10.1. The van der Waals surface area contributed by atoms with Crippen molar-refractivity contribution in [2.75, 3.05) is 31.6 Å². The van der Waals surface area contributed by atoms with Gasteiger partial charge in [0.2, 0.25) is 0 Å². The fourth-order valence-corrected chi connectivity index (χ4v) is 3.81. The molecule has 2 aromatic heterocycles. The molecule has 2 amide bonds. The first-order chi connectivity index (χ1) is 14.2. The molecular weight excluding hydrogens is 373 g/mol. The van der Waals surface area contributed by atoms with Crippen LogP contribution < -0.4 is 20.3 Å². The lowest BCUT2D eigenvalue weighted by Gasteiger charge is -2.18. The number of methoxy groups -OCH3 is 1. The quantitative estimate of drug-likeness (QED) is 0.597. The summed E-state index contributed by atoms with van der Waals surface area (Å²) < 4.78 is 19.3. The maximum atomic E-state index is 13.9. The standard InChI is InChI=1S/C21H24FN5O2/c1-29-18-6-2-5-17-19(18)14(12-25-17)7-10-24-21(28)26-15-8-11-27(13-15)20-16(22)4-3-9-23-20/h2-6,9,12,15,25H,7-8,10-11,13H2,1H3,(H2,24,26,28). The number of benzene rings is 1. The number of anilines is 1. The summed E-state index contributed by atoms with van der Waals surface area (Å²) in [5, 5.41) is 6.91. The molecule has 0 saturated carbocycles. The van der Waals surface area contributed by atoms with Gasteiger partial charge >= 0.3 is 6.03 Å². The smallest absolute Gasteiger partial charge is 0.315 e. The van der Waals surface area contributed by atoms with Crippen molar-refractivity contribution in [1.82, 2.24) is 20.6 Å². The molecule has 0 aliphatic carbocycles. The van der Waals surface area contributed by atoms with Gasteiger partial charge in [0.05, 0.1) is 7.11 Å². The maximum Gasteiger partial charge on any atom is 0.315 e. The SMILES string of the molecule is COc1cccc2[nH]cc(CCNC(=O)NC3CCN(c4ncccc4F)C3)c12. The summed E-state index contributed by atoms with van der Waals surface area (Å²) in [6.07, 6.45) is 4.96. The van der Waals surface area contributed by atoms with E-state index in [1.807, 2.05) is 29.3 Å². The second-order valence-corrected chi connectivity index (χ2v) is 7.09. The number of carbonyl (C=O) groups is 1. The van der Waals surface area contributed by atoms with Crippen LogP contribution in [0.1, 0.15) is 12.0 Å². The largest absolute Gasteiger partial charge is 0.496 e. The molecule has 0 spiro atoms. The average molecular weight is 397 g/mol. The molecule has 0 radical (unpaired) electrons. The van der Waals surface area contributed by atoms with E-state index in [9.17, 15) is 9.18 Å². The van der Waals surface area contributed by atoms with Crippen molar-refractivity contribution in [2.45, 2.75) is 18.9 Å². The molecular formula is C21H24FN5O2. The van der Waals surface area contributed by atoms with Gasteiger partial charge in [-0.25, -0.2) is 14.2 Å². The van der Waals surface area contributed by atoms with Crippen LogP contribution in [0.2, 0.25) is 0 Å². The summed E-state index contributed by atoms with van der Waals surface area (Å²) in [7, 11) is 1.65. The molecule has 1 aromatic carbocycles. The zero-order valence-corrected chi connectivity index (χ0v) is 16.2. The highest BCUT2D eigenvalue weighted by Gasteiger charge is 2.26. The van der Waals surface area contributed by atoms with Gasteiger partial charge in [0.1, 0.15) is 5.75 Å². The van der Waals surface area contributed by atoms with Gasteiger partial charge in [0.15, 0.2) is 11.6 Å². The van der Waals surface area contributed by atoms with Gasteiger partial charge in [-0.1, -0.05) is 6.07 Å². The number of hydrogen-bond donors (Lipinski definition) is 3. The first-order valence-electron chi connectivity index (χ1n) is 9.68. The predicted molar refractivity (Wildman–Crippen MR) is 110 cm³/mol. The van der Waals surface area contributed by atoms with Crippen molar-refractivity contribution in [3.8, 4) is 5.75 Å². The predicted octanol–water partition coefficient (Wildman–Crippen LogP) is 2.83. The van der Waals surface area contributed by atoms with Crippen LogP contribution in [-0.4, -0.2) is 48.8 Å². The second kappa shape index (κ2) is 8.38. The number of rotatable bonds is 6. The first-order valence-corrected chi connectivity index (χ1v) is 9.68. The van der Waals surface area contributed by atoms with Gasteiger partial charge in [0, 0.05) is 49.0 Å². The van der Waals surface area contributed by atoms with Gasteiger partial charge in [-0.2, -0.15) is 0 Å². The fourth-order valence-electron chi connectivity index (χ4n) is 3.81. The number of H-pyrrole nitrogens is 1. The van der Waals surface area contributed by atoms with Gasteiger partial charge in [-0.15, -0.1) is 0 Å². The number of fused-ring (bicyclic) bond motifs is 1. The van der Waals surface area contributed by atoms with Crippen molar-refractivity contribution >= 4 is 22.8 Å². The van der Waals surface area contributed by atoms with E-state index >= 15 is 0 Å². The average Bonchev–Trinajstić information content (AvgIpc) is 3.35. The molecule has 1 saturated heterocycles. The third-order valence-electron chi connectivity index (χ3n) is 5.21. The van der Waals surface area contributed by atoms with E-state index in [1.54, 1.807) is 19.4 Å². The van der Waals surface area contributed by atoms with Crippen LogP contribution in [0.15, 0.2) is 42.7 Å². The molecule has 3 heterocycles. The van der Waals surface area contributed by atoms with Crippen molar-refractivity contribution < 1.29 is 13.9 Å². The Balaban J connectivity index is 1.28. The van der Waals surface area contributed by atoms with Crippen LogP contribution in [0, 0.1) is 5.82 Å². The van der Waals surface area contributed by atoms with Crippen molar-refractivity contribution in [3.63, 3.8) is 0 Å². The van der Waals surface area contributed by atoms with E-state index < -0.39 is 0 Å². The number of ether oxygens (including phenoxy) is 1. The Hall–Kier alpha value is -3.29. The summed E-state index contributed by atoms with van der Waals surface area (Å²) in [5.74, 6) is 0.813. The highest BCUT2D eigenvalue weighted by molar-refractivity contribution is 5.89. The van der Waals surface area contributed by atoms with Crippen molar-refractivity contribution in [3.05, 3.63) is 54.1 Å². The Kier molecular flexibility index (Phi) is 5.50. The Bertz CT molecular complexity index is 1010. The van der Waals surface area contributed by atoms with E-state index in [1.165, 1.54) is 6.07 Å². The fraction of sp³-hybridized carbons (Fsp3) is 0.333. The van der Waals surface area contributed by atoms with E-state index in [0.717, 1.165) is 28.6 Å². The molecule has 8 heteroatoms. The zero-order chi connectivity index (χ0) is 20.2. The summed E-state index contributed by atoms with van der Waals surface area (Å²) in [5.41, 5.74) is 2.10. The van der Waals surface area contributed by atoms with Crippen molar-refractivity contribution in [2.24, 2.45) is 0 Å². The van der Waals surface area contributed by atoms with E-state index in [-0.39, 0.29) is 17.9 Å². The van der Waals surface area contributed by atoms with Gasteiger partial charge < -0.3 is 25.3 Å². The summed E-state index contributed by atoms with van der Waals surface area (Å²) in [4.78, 5) is 21.5. The summed E-state index contributed by atoms with van der Waals surface area (Å²) in [6.45, 7) is 1.71. The molecule has 29 heavy (non-hydrogen) atoms. The molecule has 152 valence electrons. The topological polar surface area (TPSA) is 82.3 Å². The van der Waals surface area contributed by atoms with E-state index in [4.69, 9.17) is 4.74 Å². The van der Waals surface area contributed by atoms with Crippen LogP contribution >= 0.6 is 0 Å². The highest BCUT2D eigenvalue weighted by Crippen LogP contribution is 2.28. The van der Waals surface area contributed by atoms with E-state index in [0.29, 0.717) is 31.9 Å². The molecule has 1 aliphatic heterocycles. The molecule has 7 nitrogen and oxygen atoms in total. The minimum atomic E-state index is -0.341. The molecule has 0 bridgehead atoms. The molecule has 1 aliphatic rings. The van der Waals surface area contributed by atoms with Gasteiger partial charge in [-0.3, -0.25) is 0 Å². The van der Waals surface area contributed by atoms with Crippen molar-refractivity contribution in [1.29, 1.82) is 0 Å². The number of nitrogens with one attached hydrogen (secondary N) is 3. The van der Waals surface area contributed by atoms with Crippen LogP contribution in [-0.2, 0) is 6.42 Å². The molecule has 3 aromatic rings.